The number of hydrogen-bond acceptors (Lipinski definition) is 4. The zero-order valence-electron chi connectivity index (χ0n) is 16.9. The SMILES string of the molecule is CCN(CC)CCN(CC(C)C)C(=O)c1nnn(-c2ccc(F)cc2)c1C. The number of halogens is 1. The molecule has 0 aliphatic heterocycles. The third kappa shape index (κ3) is 5.35. The number of aromatic nitrogens is 3. The molecule has 0 bridgehead atoms. The van der Waals surface area contributed by atoms with Gasteiger partial charge in [-0.15, -0.1) is 5.10 Å². The minimum absolute atomic E-state index is 0.110. The first kappa shape index (κ1) is 21.0. The highest BCUT2D eigenvalue weighted by Crippen LogP contribution is 2.15. The van der Waals surface area contributed by atoms with Gasteiger partial charge in [-0.2, -0.15) is 0 Å². The first-order chi connectivity index (χ1) is 12.9. The van der Waals surface area contributed by atoms with Gasteiger partial charge in [0.2, 0.25) is 0 Å². The summed E-state index contributed by atoms with van der Waals surface area (Å²) in [6.45, 7) is 14.3. The molecule has 0 unspecified atom stereocenters. The lowest BCUT2D eigenvalue weighted by atomic mass is 10.2. The molecule has 7 heteroatoms. The van der Waals surface area contributed by atoms with E-state index in [4.69, 9.17) is 0 Å². The normalized spacial score (nSPS) is 11.4. The van der Waals surface area contributed by atoms with Gasteiger partial charge in [0.15, 0.2) is 5.69 Å². The maximum atomic E-state index is 13.2. The maximum absolute atomic E-state index is 13.2. The molecule has 6 nitrogen and oxygen atoms in total. The van der Waals surface area contributed by atoms with E-state index in [1.165, 1.54) is 12.1 Å². The van der Waals surface area contributed by atoms with Gasteiger partial charge in [0.25, 0.3) is 5.91 Å². The second-order valence-corrected chi connectivity index (χ2v) is 7.08. The monoisotopic (exact) mass is 375 g/mol. The highest BCUT2D eigenvalue weighted by molar-refractivity contribution is 5.93. The summed E-state index contributed by atoms with van der Waals surface area (Å²) in [6.07, 6.45) is 0. The van der Waals surface area contributed by atoms with E-state index in [2.05, 4.69) is 42.9 Å². The van der Waals surface area contributed by atoms with Crippen LogP contribution < -0.4 is 0 Å². The van der Waals surface area contributed by atoms with Crippen molar-refractivity contribution in [3.8, 4) is 5.69 Å². The standard InChI is InChI=1S/C20H30FN5O/c1-6-24(7-2)12-13-25(14-15(3)4)20(27)19-16(5)26(23-22-19)18-10-8-17(21)9-11-18/h8-11,15H,6-7,12-14H2,1-5H3. The lowest BCUT2D eigenvalue weighted by Gasteiger charge is -2.27. The number of carbonyl (C=O) groups excluding carboxylic acids is 1. The van der Waals surface area contributed by atoms with Gasteiger partial charge in [-0.25, -0.2) is 9.07 Å². The summed E-state index contributed by atoms with van der Waals surface area (Å²) in [4.78, 5) is 17.3. The van der Waals surface area contributed by atoms with Crippen molar-refractivity contribution in [3.63, 3.8) is 0 Å². The molecule has 0 spiro atoms. The molecular weight excluding hydrogens is 345 g/mol. The highest BCUT2D eigenvalue weighted by atomic mass is 19.1. The van der Waals surface area contributed by atoms with E-state index in [0.29, 0.717) is 36.1 Å². The number of amides is 1. The Morgan fingerprint density at radius 2 is 1.78 bits per heavy atom. The Kier molecular flexibility index (Phi) is 7.47. The van der Waals surface area contributed by atoms with Crippen molar-refractivity contribution >= 4 is 5.91 Å². The number of rotatable bonds is 9. The minimum Gasteiger partial charge on any atom is -0.336 e. The molecule has 0 saturated heterocycles. The Hall–Kier alpha value is -2.28. The molecule has 0 aliphatic carbocycles. The van der Waals surface area contributed by atoms with Gasteiger partial charge in [-0.3, -0.25) is 4.79 Å². The molecule has 1 heterocycles. The fraction of sp³-hybridized carbons (Fsp3) is 0.550. The van der Waals surface area contributed by atoms with Crippen molar-refractivity contribution in [1.82, 2.24) is 24.8 Å². The molecule has 1 aromatic heterocycles. The zero-order chi connectivity index (χ0) is 20.0. The summed E-state index contributed by atoms with van der Waals surface area (Å²) < 4.78 is 14.7. The number of likely N-dealkylation sites (N-methyl/N-ethyl adjacent to an activating group) is 1. The van der Waals surface area contributed by atoms with Crippen LogP contribution in [0.3, 0.4) is 0 Å². The van der Waals surface area contributed by atoms with Crippen LogP contribution >= 0.6 is 0 Å². The van der Waals surface area contributed by atoms with E-state index in [1.807, 2.05) is 11.8 Å². The van der Waals surface area contributed by atoms with Crippen LogP contribution in [0.25, 0.3) is 5.69 Å². The molecule has 27 heavy (non-hydrogen) atoms. The van der Waals surface area contributed by atoms with Gasteiger partial charge in [0.1, 0.15) is 5.82 Å². The van der Waals surface area contributed by atoms with Crippen molar-refractivity contribution in [3.05, 3.63) is 41.5 Å². The molecule has 0 saturated carbocycles. The predicted molar refractivity (Wildman–Crippen MR) is 105 cm³/mol. The smallest absolute Gasteiger partial charge is 0.276 e. The predicted octanol–water partition coefficient (Wildman–Crippen LogP) is 3.15. The van der Waals surface area contributed by atoms with Crippen LogP contribution in [0, 0.1) is 18.7 Å². The number of nitrogens with zero attached hydrogens (tertiary/aromatic N) is 5. The van der Waals surface area contributed by atoms with Gasteiger partial charge in [0.05, 0.1) is 11.4 Å². The Balaban J connectivity index is 2.22. The van der Waals surface area contributed by atoms with Gasteiger partial charge in [-0.05, 0) is 50.2 Å². The summed E-state index contributed by atoms with van der Waals surface area (Å²) in [5, 5.41) is 8.24. The lowest BCUT2D eigenvalue weighted by Crippen LogP contribution is -2.41. The first-order valence-electron chi connectivity index (χ1n) is 9.57. The summed E-state index contributed by atoms with van der Waals surface area (Å²) in [7, 11) is 0. The quantitative estimate of drug-likeness (QED) is 0.676. The van der Waals surface area contributed by atoms with E-state index < -0.39 is 0 Å². The number of benzene rings is 1. The molecule has 148 valence electrons. The van der Waals surface area contributed by atoms with Gasteiger partial charge >= 0.3 is 0 Å². The van der Waals surface area contributed by atoms with Crippen molar-refractivity contribution in [2.24, 2.45) is 5.92 Å². The van der Waals surface area contributed by atoms with Crippen molar-refractivity contribution in [1.29, 1.82) is 0 Å². The third-order valence-electron chi connectivity index (χ3n) is 4.62. The number of carbonyl (C=O) groups is 1. The average Bonchev–Trinajstić information content (AvgIpc) is 3.02. The van der Waals surface area contributed by atoms with E-state index in [0.717, 1.165) is 19.6 Å². The molecule has 2 rings (SSSR count). The van der Waals surface area contributed by atoms with Crippen LogP contribution in [0.4, 0.5) is 4.39 Å². The van der Waals surface area contributed by atoms with Crippen molar-refractivity contribution in [2.75, 3.05) is 32.7 Å². The zero-order valence-corrected chi connectivity index (χ0v) is 16.9. The molecule has 0 atom stereocenters. The van der Waals surface area contributed by atoms with Crippen LogP contribution in [0.15, 0.2) is 24.3 Å². The van der Waals surface area contributed by atoms with Crippen LogP contribution in [0.5, 0.6) is 0 Å². The Labute approximate surface area is 161 Å². The minimum atomic E-state index is -0.313. The van der Waals surface area contributed by atoms with E-state index in [9.17, 15) is 9.18 Å². The summed E-state index contributed by atoms with van der Waals surface area (Å²) in [6, 6.07) is 5.98. The van der Waals surface area contributed by atoms with Crippen molar-refractivity contribution in [2.45, 2.75) is 34.6 Å². The summed E-state index contributed by atoms with van der Waals surface area (Å²) in [5.74, 6) is -0.0628. The second kappa shape index (κ2) is 9.60. The molecule has 0 aliphatic rings. The van der Waals surface area contributed by atoms with E-state index >= 15 is 0 Å². The molecular formula is C20H30FN5O. The largest absolute Gasteiger partial charge is 0.336 e. The fourth-order valence-corrected chi connectivity index (χ4v) is 3.02. The summed E-state index contributed by atoms with van der Waals surface area (Å²) in [5.41, 5.74) is 1.68. The molecule has 1 aromatic carbocycles. The van der Waals surface area contributed by atoms with Crippen LogP contribution in [-0.2, 0) is 0 Å². The van der Waals surface area contributed by atoms with E-state index in [1.54, 1.807) is 16.8 Å². The lowest BCUT2D eigenvalue weighted by molar-refractivity contribution is 0.0709. The van der Waals surface area contributed by atoms with Gasteiger partial charge < -0.3 is 9.80 Å². The number of hydrogen-bond donors (Lipinski definition) is 0. The van der Waals surface area contributed by atoms with Gasteiger partial charge in [0, 0.05) is 19.6 Å². The van der Waals surface area contributed by atoms with Crippen LogP contribution in [0.1, 0.15) is 43.9 Å². The second-order valence-electron chi connectivity index (χ2n) is 7.08. The molecule has 0 fully saturated rings. The van der Waals surface area contributed by atoms with Crippen LogP contribution in [-0.4, -0.2) is 63.4 Å². The average molecular weight is 375 g/mol. The molecule has 0 N–H and O–H groups in total. The summed E-state index contributed by atoms with van der Waals surface area (Å²) >= 11 is 0. The van der Waals surface area contributed by atoms with Crippen LogP contribution in [0.2, 0.25) is 0 Å². The highest BCUT2D eigenvalue weighted by Gasteiger charge is 2.24. The molecule has 1 amide bonds. The fourth-order valence-electron chi connectivity index (χ4n) is 3.02. The Bertz CT molecular complexity index is 737. The molecule has 0 radical (unpaired) electrons. The first-order valence-corrected chi connectivity index (χ1v) is 9.57. The van der Waals surface area contributed by atoms with E-state index in [-0.39, 0.29) is 11.7 Å². The topological polar surface area (TPSA) is 54.3 Å². The maximum Gasteiger partial charge on any atom is 0.276 e. The third-order valence-corrected chi connectivity index (χ3v) is 4.62. The van der Waals surface area contributed by atoms with Gasteiger partial charge in [-0.1, -0.05) is 32.9 Å². The Morgan fingerprint density at radius 3 is 2.33 bits per heavy atom. The van der Waals surface area contributed by atoms with Crippen molar-refractivity contribution < 1.29 is 9.18 Å². The Morgan fingerprint density at radius 1 is 1.15 bits per heavy atom. The molecule has 2 aromatic rings.